The minimum atomic E-state index is -0.318. The fourth-order valence-corrected chi connectivity index (χ4v) is 2.00. The summed E-state index contributed by atoms with van der Waals surface area (Å²) in [5.41, 5.74) is 1.20. The molecule has 1 aromatic carbocycles. The van der Waals surface area contributed by atoms with Crippen LogP contribution in [0.3, 0.4) is 0 Å². The van der Waals surface area contributed by atoms with Crippen LogP contribution in [0.5, 0.6) is 0 Å². The molecule has 0 aliphatic carbocycles. The molecule has 1 amide bonds. The number of nitrogens with one attached hydrogen (secondary N) is 1. The highest BCUT2D eigenvalue weighted by molar-refractivity contribution is 7.80. The van der Waals surface area contributed by atoms with E-state index in [9.17, 15) is 4.79 Å². The van der Waals surface area contributed by atoms with Crippen molar-refractivity contribution in [2.45, 2.75) is 4.90 Å². The molecule has 0 unspecified atom stereocenters. The number of carbonyl (C=O) groups is 1. The van der Waals surface area contributed by atoms with Crippen LogP contribution in [-0.2, 0) is 0 Å². The van der Waals surface area contributed by atoms with Crippen LogP contribution in [0.25, 0.3) is 10.9 Å². The number of para-hydroxylation sites is 1. The first-order valence-electron chi connectivity index (χ1n) is 5.52. The number of amides is 1. The minimum absolute atomic E-state index is 0.160. The fraction of sp³-hybridized carbons (Fsp3) is 0. The molecule has 0 fully saturated rings. The standard InChI is InChI=1S/C13H9N3O2S/c17-12(16-13-14-4-5-18-13)9-6-8-2-1-3-10(19)11(8)15-7-9/h1-7,19H,(H,14,16,17). The third-order valence-electron chi connectivity index (χ3n) is 2.60. The maximum Gasteiger partial charge on any atom is 0.301 e. The minimum Gasteiger partial charge on any atom is -0.432 e. The van der Waals surface area contributed by atoms with Crippen molar-refractivity contribution >= 4 is 35.5 Å². The number of hydrogen-bond donors (Lipinski definition) is 2. The molecule has 2 aromatic heterocycles. The summed E-state index contributed by atoms with van der Waals surface area (Å²) in [7, 11) is 0. The van der Waals surface area contributed by atoms with Gasteiger partial charge in [-0.05, 0) is 12.1 Å². The Balaban J connectivity index is 1.95. The van der Waals surface area contributed by atoms with Crippen molar-refractivity contribution in [3.8, 4) is 0 Å². The Morgan fingerprint density at radius 2 is 2.21 bits per heavy atom. The Morgan fingerprint density at radius 1 is 1.32 bits per heavy atom. The zero-order valence-electron chi connectivity index (χ0n) is 9.70. The lowest BCUT2D eigenvalue weighted by Gasteiger charge is -2.04. The first kappa shape index (κ1) is 11.7. The SMILES string of the molecule is O=C(Nc1ncco1)c1cnc2c(S)cccc2c1. The second-order valence-electron chi connectivity index (χ2n) is 3.86. The maximum absolute atomic E-state index is 12.0. The maximum atomic E-state index is 12.0. The van der Waals surface area contributed by atoms with Crippen LogP contribution in [0.15, 0.2) is 52.2 Å². The number of thiol groups is 1. The molecule has 3 aromatic rings. The predicted octanol–water partition coefficient (Wildman–Crippen LogP) is 2.76. The van der Waals surface area contributed by atoms with E-state index in [2.05, 4.69) is 27.9 Å². The van der Waals surface area contributed by atoms with Crippen LogP contribution in [0.4, 0.5) is 6.01 Å². The zero-order valence-corrected chi connectivity index (χ0v) is 10.6. The summed E-state index contributed by atoms with van der Waals surface area (Å²) >= 11 is 4.32. The van der Waals surface area contributed by atoms with Crippen LogP contribution in [0, 0.1) is 0 Å². The van der Waals surface area contributed by atoms with Gasteiger partial charge in [-0.15, -0.1) is 12.6 Å². The van der Waals surface area contributed by atoms with Crippen molar-refractivity contribution in [3.63, 3.8) is 0 Å². The second-order valence-corrected chi connectivity index (χ2v) is 4.35. The van der Waals surface area contributed by atoms with Crippen molar-refractivity contribution in [3.05, 3.63) is 48.5 Å². The third-order valence-corrected chi connectivity index (χ3v) is 2.97. The monoisotopic (exact) mass is 271 g/mol. The summed E-state index contributed by atoms with van der Waals surface area (Å²) in [6, 6.07) is 7.50. The Bertz CT molecular complexity index is 741. The zero-order chi connectivity index (χ0) is 13.2. The van der Waals surface area contributed by atoms with Gasteiger partial charge in [-0.25, -0.2) is 4.98 Å². The van der Waals surface area contributed by atoms with Crippen LogP contribution in [0.1, 0.15) is 10.4 Å². The summed E-state index contributed by atoms with van der Waals surface area (Å²) in [6.07, 6.45) is 4.35. The Kier molecular flexibility index (Phi) is 2.92. The van der Waals surface area contributed by atoms with Gasteiger partial charge in [0.05, 0.1) is 17.3 Å². The molecule has 6 heteroatoms. The molecular formula is C13H9N3O2S. The lowest BCUT2D eigenvalue weighted by atomic mass is 10.1. The highest BCUT2D eigenvalue weighted by Crippen LogP contribution is 2.20. The average Bonchev–Trinajstić information content (AvgIpc) is 2.91. The fourth-order valence-electron chi connectivity index (χ4n) is 1.72. The lowest BCUT2D eigenvalue weighted by Crippen LogP contribution is -2.12. The molecule has 0 radical (unpaired) electrons. The van der Waals surface area contributed by atoms with E-state index >= 15 is 0 Å². The van der Waals surface area contributed by atoms with Gasteiger partial charge in [0.2, 0.25) is 0 Å². The average molecular weight is 271 g/mol. The number of nitrogens with zero attached hydrogens (tertiary/aromatic N) is 2. The normalized spacial score (nSPS) is 10.6. The quantitative estimate of drug-likeness (QED) is 0.703. The molecule has 0 aliphatic rings. The molecule has 2 heterocycles. The van der Waals surface area contributed by atoms with Gasteiger partial charge >= 0.3 is 6.01 Å². The third kappa shape index (κ3) is 2.30. The molecule has 0 spiro atoms. The second kappa shape index (κ2) is 4.74. The Hall–Kier alpha value is -2.34. The highest BCUT2D eigenvalue weighted by atomic mass is 32.1. The van der Waals surface area contributed by atoms with Gasteiger partial charge in [-0.2, -0.15) is 0 Å². The molecule has 94 valence electrons. The highest BCUT2D eigenvalue weighted by Gasteiger charge is 2.10. The van der Waals surface area contributed by atoms with Crippen molar-refractivity contribution in [1.82, 2.24) is 9.97 Å². The van der Waals surface area contributed by atoms with E-state index in [0.29, 0.717) is 5.56 Å². The van der Waals surface area contributed by atoms with Gasteiger partial charge < -0.3 is 4.42 Å². The summed E-state index contributed by atoms with van der Waals surface area (Å²) in [4.78, 5) is 20.8. The summed E-state index contributed by atoms with van der Waals surface area (Å²) in [5, 5.41) is 3.40. The number of anilines is 1. The lowest BCUT2D eigenvalue weighted by molar-refractivity contribution is 0.102. The van der Waals surface area contributed by atoms with Crippen LogP contribution in [0.2, 0.25) is 0 Å². The summed E-state index contributed by atoms with van der Waals surface area (Å²) in [6.45, 7) is 0. The van der Waals surface area contributed by atoms with Crippen LogP contribution >= 0.6 is 12.6 Å². The predicted molar refractivity (Wildman–Crippen MR) is 73.5 cm³/mol. The van der Waals surface area contributed by atoms with Crippen LogP contribution in [-0.4, -0.2) is 15.9 Å². The number of aromatic nitrogens is 2. The first-order chi connectivity index (χ1) is 9.24. The smallest absolute Gasteiger partial charge is 0.301 e. The molecule has 0 aliphatic heterocycles. The molecular weight excluding hydrogens is 262 g/mol. The summed E-state index contributed by atoms with van der Waals surface area (Å²) in [5.74, 6) is -0.318. The first-order valence-corrected chi connectivity index (χ1v) is 5.97. The van der Waals surface area contributed by atoms with Crippen molar-refractivity contribution in [2.75, 3.05) is 5.32 Å². The number of hydrogen-bond acceptors (Lipinski definition) is 5. The molecule has 0 atom stereocenters. The molecule has 3 rings (SSSR count). The molecule has 19 heavy (non-hydrogen) atoms. The molecule has 0 bridgehead atoms. The number of oxazole rings is 1. The largest absolute Gasteiger partial charge is 0.432 e. The van der Waals surface area contributed by atoms with E-state index in [4.69, 9.17) is 4.42 Å². The summed E-state index contributed by atoms with van der Waals surface area (Å²) < 4.78 is 4.96. The van der Waals surface area contributed by atoms with E-state index in [1.54, 1.807) is 6.07 Å². The van der Waals surface area contributed by atoms with Gasteiger partial charge in [0, 0.05) is 16.5 Å². The van der Waals surface area contributed by atoms with Crippen LogP contribution < -0.4 is 5.32 Å². The molecule has 0 saturated carbocycles. The van der Waals surface area contributed by atoms with Crippen molar-refractivity contribution in [2.24, 2.45) is 0 Å². The van der Waals surface area contributed by atoms with E-state index < -0.39 is 0 Å². The van der Waals surface area contributed by atoms with E-state index in [1.807, 2.05) is 18.2 Å². The Labute approximate surface area is 114 Å². The number of rotatable bonds is 2. The van der Waals surface area contributed by atoms with Gasteiger partial charge in [-0.1, -0.05) is 12.1 Å². The van der Waals surface area contributed by atoms with Crippen molar-refractivity contribution in [1.29, 1.82) is 0 Å². The topological polar surface area (TPSA) is 68.0 Å². The van der Waals surface area contributed by atoms with E-state index in [1.165, 1.54) is 18.7 Å². The number of fused-ring (bicyclic) bond motifs is 1. The number of pyridine rings is 1. The van der Waals surface area contributed by atoms with Gasteiger partial charge in [0.25, 0.3) is 5.91 Å². The Morgan fingerprint density at radius 3 is 3.00 bits per heavy atom. The van der Waals surface area contributed by atoms with Crippen molar-refractivity contribution < 1.29 is 9.21 Å². The van der Waals surface area contributed by atoms with Gasteiger partial charge in [-0.3, -0.25) is 15.1 Å². The van der Waals surface area contributed by atoms with E-state index in [0.717, 1.165) is 15.8 Å². The molecule has 0 saturated heterocycles. The van der Waals surface area contributed by atoms with Gasteiger partial charge in [0.15, 0.2) is 0 Å². The number of carbonyl (C=O) groups excluding carboxylic acids is 1. The molecule has 1 N–H and O–H groups in total. The molecule has 5 nitrogen and oxygen atoms in total. The van der Waals surface area contributed by atoms with E-state index in [-0.39, 0.29) is 11.9 Å². The van der Waals surface area contributed by atoms with Gasteiger partial charge in [0.1, 0.15) is 6.26 Å². The number of benzene rings is 1.